The van der Waals surface area contributed by atoms with Gasteiger partial charge in [-0.1, -0.05) is 24.3 Å². The number of nitrogens with zero attached hydrogens (tertiary/aromatic N) is 3. The standard InChI is InChI=1S/C18H20N4O.ClH/c1-22(2)17-15-6-4-5-7-16(15)20-18(21-17)19-12-13-8-10-14(23-3)11-9-13;/h4-11H,12H2,1-3H3,(H,19,20,21);1H. The van der Waals surface area contributed by atoms with Crippen molar-refractivity contribution >= 4 is 35.1 Å². The third kappa shape index (κ3) is 3.86. The maximum atomic E-state index is 5.17. The Labute approximate surface area is 148 Å². The number of hydrogen-bond acceptors (Lipinski definition) is 5. The van der Waals surface area contributed by atoms with Gasteiger partial charge in [0, 0.05) is 26.0 Å². The van der Waals surface area contributed by atoms with E-state index in [2.05, 4.69) is 15.3 Å². The molecule has 0 spiro atoms. The van der Waals surface area contributed by atoms with Gasteiger partial charge in [0.25, 0.3) is 0 Å². The van der Waals surface area contributed by atoms with Crippen LogP contribution in [-0.4, -0.2) is 31.2 Å². The van der Waals surface area contributed by atoms with Gasteiger partial charge >= 0.3 is 0 Å². The van der Waals surface area contributed by atoms with Crippen molar-refractivity contribution in [2.45, 2.75) is 6.54 Å². The van der Waals surface area contributed by atoms with Crippen LogP contribution in [0.5, 0.6) is 5.75 Å². The number of hydrogen-bond donors (Lipinski definition) is 1. The molecule has 24 heavy (non-hydrogen) atoms. The Morgan fingerprint density at radius 3 is 2.38 bits per heavy atom. The molecule has 0 radical (unpaired) electrons. The van der Waals surface area contributed by atoms with E-state index in [4.69, 9.17) is 4.74 Å². The van der Waals surface area contributed by atoms with Gasteiger partial charge in [-0.15, -0.1) is 12.4 Å². The van der Waals surface area contributed by atoms with E-state index in [0.29, 0.717) is 12.5 Å². The molecule has 1 aromatic heterocycles. The van der Waals surface area contributed by atoms with E-state index in [9.17, 15) is 0 Å². The van der Waals surface area contributed by atoms with Crippen LogP contribution in [-0.2, 0) is 6.54 Å². The van der Waals surface area contributed by atoms with Crippen LogP contribution in [0.3, 0.4) is 0 Å². The van der Waals surface area contributed by atoms with Crippen LogP contribution < -0.4 is 15.0 Å². The molecule has 6 heteroatoms. The summed E-state index contributed by atoms with van der Waals surface area (Å²) < 4.78 is 5.17. The smallest absolute Gasteiger partial charge is 0.225 e. The maximum absolute atomic E-state index is 5.17. The lowest BCUT2D eigenvalue weighted by Crippen LogP contribution is -2.13. The minimum absolute atomic E-state index is 0. The highest BCUT2D eigenvalue weighted by molar-refractivity contribution is 5.90. The molecular weight excluding hydrogens is 324 g/mol. The average Bonchev–Trinajstić information content (AvgIpc) is 2.59. The fraction of sp³-hybridized carbons (Fsp3) is 0.222. The van der Waals surface area contributed by atoms with Crippen LogP contribution in [0.1, 0.15) is 5.56 Å². The molecule has 0 amide bonds. The number of fused-ring (bicyclic) bond motifs is 1. The molecule has 3 aromatic rings. The minimum atomic E-state index is 0. The predicted molar refractivity (Wildman–Crippen MR) is 101 cm³/mol. The lowest BCUT2D eigenvalue weighted by Gasteiger charge is -2.16. The predicted octanol–water partition coefficient (Wildman–Crippen LogP) is 3.74. The monoisotopic (exact) mass is 344 g/mol. The number of ether oxygens (including phenoxy) is 1. The van der Waals surface area contributed by atoms with Gasteiger partial charge in [-0.05, 0) is 29.8 Å². The van der Waals surface area contributed by atoms with Crippen LogP contribution in [0, 0.1) is 0 Å². The van der Waals surface area contributed by atoms with Crippen LogP contribution in [0.2, 0.25) is 0 Å². The molecule has 126 valence electrons. The first-order valence-electron chi connectivity index (χ1n) is 7.48. The third-order valence-electron chi connectivity index (χ3n) is 3.62. The Morgan fingerprint density at radius 2 is 1.71 bits per heavy atom. The van der Waals surface area contributed by atoms with Crippen molar-refractivity contribution in [3.63, 3.8) is 0 Å². The van der Waals surface area contributed by atoms with Gasteiger partial charge in [-0.2, -0.15) is 4.98 Å². The number of anilines is 2. The quantitative estimate of drug-likeness (QED) is 0.764. The number of rotatable bonds is 5. The van der Waals surface area contributed by atoms with E-state index < -0.39 is 0 Å². The van der Waals surface area contributed by atoms with Gasteiger partial charge in [-0.25, -0.2) is 4.98 Å². The molecule has 5 nitrogen and oxygen atoms in total. The Kier molecular flexibility index (Phi) is 5.82. The number of nitrogens with one attached hydrogen (secondary N) is 1. The molecule has 0 atom stereocenters. The van der Waals surface area contributed by atoms with Gasteiger partial charge in [0.15, 0.2) is 0 Å². The first kappa shape index (κ1) is 17.8. The van der Waals surface area contributed by atoms with Gasteiger partial charge in [0.05, 0.1) is 12.6 Å². The molecule has 2 aromatic carbocycles. The summed E-state index contributed by atoms with van der Waals surface area (Å²) in [7, 11) is 5.64. The van der Waals surface area contributed by atoms with Crippen molar-refractivity contribution in [1.29, 1.82) is 0 Å². The molecule has 1 N–H and O–H groups in total. The van der Waals surface area contributed by atoms with E-state index in [0.717, 1.165) is 28.0 Å². The second-order valence-electron chi connectivity index (χ2n) is 5.48. The molecular formula is C18H21ClN4O. The molecule has 1 heterocycles. The topological polar surface area (TPSA) is 50.3 Å². The Balaban J connectivity index is 0.00000208. The van der Waals surface area contributed by atoms with Crippen LogP contribution in [0.4, 0.5) is 11.8 Å². The molecule has 0 aliphatic rings. The highest BCUT2D eigenvalue weighted by atomic mass is 35.5. The molecule has 3 rings (SSSR count). The first-order chi connectivity index (χ1) is 11.2. The zero-order valence-electron chi connectivity index (χ0n) is 14.0. The second kappa shape index (κ2) is 7.84. The van der Waals surface area contributed by atoms with E-state index in [1.165, 1.54) is 0 Å². The lowest BCUT2D eigenvalue weighted by molar-refractivity contribution is 0.414. The highest BCUT2D eigenvalue weighted by Gasteiger charge is 2.08. The highest BCUT2D eigenvalue weighted by Crippen LogP contribution is 2.23. The zero-order chi connectivity index (χ0) is 16.2. The van der Waals surface area contributed by atoms with Gasteiger partial charge < -0.3 is 15.0 Å². The number of para-hydroxylation sites is 1. The number of methoxy groups -OCH3 is 1. The second-order valence-corrected chi connectivity index (χ2v) is 5.48. The first-order valence-corrected chi connectivity index (χ1v) is 7.48. The summed E-state index contributed by atoms with van der Waals surface area (Å²) in [6, 6.07) is 16.0. The van der Waals surface area contributed by atoms with Gasteiger partial charge in [0.2, 0.25) is 5.95 Å². The number of aromatic nitrogens is 2. The summed E-state index contributed by atoms with van der Waals surface area (Å²) in [4.78, 5) is 11.2. The lowest BCUT2D eigenvalue weighted by atomic mass is 10.2. The molecule has 0 saturated heterocycles. The largest absolute Gasteiger partial charge is 0.497 e. The molecule has 0 fully saturated rings. The SMILES string of the molecule is COc1ccc(CNc2nc(N(C)C)c3ccccc3n2)cc1.Cl. The van der Waals surface area contributed by atoms with E-state index >= 15 is 0 Å². The summed E-state index contributed by atoms with van der Waals surface area (Å²) in [6.45, 7) is 0.662. The molecule has 0 saturated carbocycles. The van der Waals surface area contributed by atoms with E-state index in [-0.39, 0.29) is 12.4 Å². The Hall–Kier alpha value is -2.53. The van der Waals surface area contributed by atoms with Crippen molar-refractivity contribution in [2.24, 2.45) is 0 Å². The number of halogens is 1. The van der Waals surface area contributed by atoms with Crippen LogP contribution in [0.15, 0.2) is 48.5 Å². The maximum Gasteiger partial charge on any atom is 0.225 e. The summed E-state index contributed by atoms with van der Waals surface area (Å²) in [5, 5.41) is 4.34. The summed E-state index contributed by atoms with van der Waals surface area (Å²) >= 11 is 0. The molecule has 0 aliphatic heterocycles. The fourth-order valence-electron chi connectivity index (χ4n) is 2.40. The summed E-state index contributed by atoms with van der Waals surface area (Å²) in [6.07, 6.45) is 0. The van der Waals surface area contributed by atoms with Crippen LogP contribution in [0.25, 0.3) is 10.9 Å². The van der Waals surface area contributed by atoms with Crippen molar-refractivity contribution in [3.8, 4) is 5.75 Å². The van der Waals surface area contributed by atoms with Gasteiger partial charge in [0.1, 0.15) is 11.6 Å². The van der Waals surface area contributed by atoms with Crippen molar-refractivity contribution < 1.29 is 4.74 Å². The molecule has 0 unspecified atom stereocenters. The Morgan fingerprint density at radius 1 is 1.00 bits per heavy atom. The normalized spacial score (nSPS) is 10.1. The summed E-state index contributed by atoms with van der Waals surface area (Å²) in [5.74, 6) is 2.39. The Bertz CT molecular complexity index is 806. The fourth-order valence-corrected chi connectivity index (χ4v) is 2.40. The van der Waals surface area contributed by atoms with Crippen molar-refractivity contribution in [2.75, 3.05) is 31.4 Å². The zero-order valence-corrected chi connectivity index (χ0v) is 14.8. The average molecular weight is 345 g/mol. The van der Waals surface area contributed by atoms with Crippen LogP contribution >= 0.6 is 12.4 Å². The molecule has 0 aliphatic carbocycles. The van der Waals surface area contributed by atoms with Crippen molar-refractivity contribution in [1.82, 2.24) is 9.97 Å². The van der Waals surface area contributed by atoms with E-state index in [1.807, 2.05) is 67.5 Å². The third-order valence-corrected chi connectivity index (χ3v) is 3.62. The number of benzene rings is 2. The van der Waals surface area contributed by atoms with Crippen molar-refractivity contribution in [3.05, 3.63) is 54.1 Å². The minimum Gasteiger partial charge on any atom is -0.497 e. The van der Waals surface area contributed by atoms with E-state index in [1.54, 1.807) is 7.11 Å². The van der Waals surface area contributed by atoms with Gasteiger partial charge in [-0.3, -0.25) is 0 Å². The summed E-state index contributed by atoms with van der Waals surface area (Å²) in [5.41, 5.74) is 2.08. The molecule has 0 bridgehead atoms.